The summed E-state index contributed by atoms with van der Waals surface area (Å²) in [7, 11) is 0. The first-order valence-corrected chi connectivity index (χ1v) is 4.30. The molecule has 0 spiro atoms. The number of ether oxygens (including phenoxy) is 2. The van der Waals surface area contributed by atoms with Crippen LogP contribution in [-0.4, -0.2) is 30.9 Å². The summed E-state index contributed by atoms with van der Waals surface area (Å²) < 4.78 is 9.38. The van der Waals surface area contributed by atoms with E-state index in [1.807, 2.05) is 0 Å². The quantitative estimate of drug-likeness (QED) is 0.503. The second-order valence-electron chi connectivity index (χ2n) is 2.48. The molecule has 0 amide bonds. The number of cyclic esters (lactones) is 1. The third-order valence-electron chi connectivity index (χ3n) is 1.53. The Kier molecular flexibility index (Phi) is 3.40. The van der Waals surface area contributed by atoms with Crippen molar-refractivity contribution in [3.05, 3.63) is 0 Å². The first-order valence-electron chi connectivity index (χ1n) is 3.67. The summed E-state index contributed by atoms with van der Waals surface area (Å²) in [5.74, 6) is -0.608. The van der Waals surface area contributed by atoms with Crippen molar-refractivity contribution < 1.29 is 19.1 Å². The molecule has 0 N–H and O–H groups in total. The van der Waals surface area contributed by atoms with Gasteiger partial charge in [-0.15, -0.1) is 0 Å². The average molecular weight is 190 g/mol. The highest BCUT2D eigenvalue weighted by Gasteiger charge is 2.30. The molecule has 68 valence electrons. The van der Waals surface area contributed by atoms with Gasteiger partial charge in [0.15, 0.2) is 0 Å². The number of esters is 2. The molecular weight excluding hydrogens is 180 g/mol. The third kappa shape index (κ3) is 2.41. The van der Waals surface area contributed by atoms with Crippen LogP contribution in [0.2, 0.25) is 0 Å². The maximum Gasteiger partial charge on any atom is 0.313 e. The van der Waals surface area contributed by atoms with Gasteiger partial charge in [0.2, 0.25) is 0 Å². The first-order chi connectivity index (χ1) is 5.74. The Hall–Kier alpha value is -0.710. The van der Waals surface area contributed by atoms with Gasteiger partial charge in [-0.2, -0.15) is 12.6 Å². The summed E-state index contributed by atoms with van der Waals surface area (Å²) in [6.07, 6.45) is 0.144. The fraction of sp³-hybridized carbons (Fsp3) is 0.714. The van der Waals surface area contributed by atoms with Crippen LogP contribution in [0, 0.1) is 5.92 Å². The van der Waals surface area contributed by atoms with Crippen LogP contribution in [0.15, 0.2) is 0 Å². The lowest BCUT2D eigenvalue weighted by atomic mass is 10.1. The summed E-state index contributed by atoms with van der Waals surface area (Å²) in [5, 5.41) is 0. The molecule has 0 aromatic carbocycles. The van der Waals surface area contributed by atoms with Crippen LogP contribution in [0.5, 0.6) is 0 Å². The Bertz CT molecular complexity index is 192. The van der Waals surface area contributed by atoms with Gasteiger partial charge >= 0.3 is 11.9 Å². The van der Waals surface area contributed by atoms with Crippen LogP contribution in [0.1, 0.15) is 6.42 Å². The van der Waals surface area contributed by atoms with Gasteiger partial charge in [-0.25, -0.2) is 0 Å². The summed E-state index contributed by atoms with van der Waals surface area (Å²) in [6.45, 7) is 0.441. The van der Waals surface area contributed by atoms with Gasteiger partial charge < -0.3 is 9.47 Å². The molecule has 12 heavy (non-hydrogen) atoms. The van der Waals surface area contributed by atoms with Gasteiger partial charge in [0, 0.05) is 5.75 Å². The van der Waals surface area contributed by atoms with E-state index in [1.165, 1.54) is 0 Å². The SMILES string of the molecule is O=C1CC(C(=O)OCCS)CO1. The summed E-state index contributed by atoms with van der Waals surface area (Å²) in [6, 6.07) is 0. The summed E-state index contributed by atoms with van der Waals surface area (Å²) in [4.78, 5) is 21.6. The van der Waals surface area contributed by atoms with Crippen LogP contribution in [-0.2, 0) is 19.1 Å². The number of hydrogen-bond acceptors (Lipinski definition) is 5. The number of carbonyl (C=O) groups excluding carboxylic acids is 2. The minimum atomic E-state index is -0.405. The number of carbonyl (C=O) groups is 2. The monoisotopic (exact) mass is 190 g/mol. The Labute approximate surface area is 75.6 Å². The standard InChI is InChI=1S/C7H10O4S/c8-6-3-5(4-11-6)7(9)10-1-2-12/h5,12H,1-4H2. The molecule has 1 aliphatic heterocycles. The maximum atomic E-state index is 11.1. The van der Waals surface area contributed by atoms with E-state index in [4.69, 9.17) is 4.74 Å². The topological polar surface area (TPSA) is 52.6 Å². The van der Waals surface area contributed by atoms with Crippen molar-refractivity contribution in [1.29, 1.82) is 0 Å². The van der Waals surface area contributed by atoms with Crippen molar-refractivity contribution in [2.24, 2.45) is 5.92 Å². The molecule has 0 saturated carbocycles. The predicted octanol–water partition coefficient (Wildman–Crippen LogP) is 0.0225. The number of hydrogen-bond donors (Lipinski definition) is 1. The lowest BCUT2D eigenvalue weighted by Gasteiger charge is -2.05. The molecule has 1 unspecified atom stereocenters. The molecule has 5 heteroatoms. The molecule has 1 heterocycles. The van der Waals surface area contributed by atoms with E-state index in [2.05, 4.69) is 17.4 Å². The van der Waals surface area contributed by atoms with E-state index in [0.717, 1.165) is 0 Å². The molecule has 1 aliphatic rings. The largest absolute Gasteiger partial charge is 0.465 e. The zero-order chi connectivity index (χ0) is 8.97. The van der Waals surface area contributed by atoms with E-state index in [-0.39, 0.29) is 31.6 Å². The zero-order valence-corrected chi connectivity index (χ0v) is 7.38. The van der Waals surface area contributed by atoms with E-state index in [9.17, 15) is 9.59 Å². The van der Waals surface area contributed by atoms with E-state index in [1.54, 1.807) is 0 Å². The molecule has 1 atom stereocenters. The molecule has 1 saturated heterocycles. The van der Waals surface area contributed by atoms with Crippen LogP contribution in [0.4, 0.5) is 0 Å². The lowest BCUT2D eigenvalue weighted by Crippen LogP contribution is -2.18. The highest BCUT2D eigenvalue weighted by atomic mass is 32.1. The van der Waals surface area contributed by atoms with Crippen LogP contribution >= 0.6 is 12.6 Å². The van der Waals surface area contributed by atoms with Crippen LogP contribution in [0.25, 0.3) is 0 Å². The number of thiol groups is 1. The zero-order valence-electron chi connectivity index (χ0n) is 6.49. The molecule has 0 aliphatic carbocycles. The second-order valence-corrected chi connectivity index (χ2v) is 2.92. The molecule has 0 aromatic heterocycles. The molecule has 4 nitrogen and oxygen atoms in total. The van der Waals surface area contributed by atoms with Crippen molar-refractivity contribution in [2.45, 2.75) is 6.42 Å². The average Bonchev–Trinajstić information content (AvgIpc) is 2.47. The first kappa shape index (κ1) is 9.38. The van der Waals surface area contributed by atoms with Crippen molar-refractivity contribution in [1.82, 2.24) is 0 Å². The van der Waals surface area contributed by atoms with Gasteiger partial charge in [0.05, 0.1) is 6.42 Å². The maximum absolute atomic E-state index is 11.1. The minimum Gasteiger partial charge on any atom is -0.465 e. The Balaban J connectivity index is 2.28. The van der Waals surface area contributed by atoms with E-state index in [0.29, 0.717) is 5.75 Å². The molecule has 0 aromatic rings. The summed E-state index contributed by atoms with van der Waals surface area (Å²) in [5.41, 5.74) is 0. The van der Waals surface area contributed by atoms with Gasteiger partial charge in [0.25, 0.3) is 0 Å². The fourth-order valence-corrected chi connectivity index (χ4v) is 1.02. The normalized spacial score (nSPS) is 22.1. The Morgan fingerprint density at radius 1 is 1.75 bits per heavy atom. The smallest absolute Gasteiger partial charge is 0.313 e. The summed E-state index contributed by atoms with van der Waals surface area (Å²) >= 11 is 3.88. The van der Waals surface area contributed by atoms with Gasteiger partial charge in [0.1, 0.15) is 19.1 Å². The highest BCUT2D eigenvalue weighted by Crippen LogP contribution is 2.15. The van der Waals surface area contributed by atoms with Gasteiger partial charge in [-0.05, 0) is 0 Å². The Morgan fingerprint density at radius 2 is 2.50 bits per heavy atom. The third-order valence-corrected chi connectivity index (χ3v) is 1.71. The van der Waals surface area contributed by atoms with Gasteiger partial charge in [-0.3, -0.25) is 9.59 Å². The van der Waals surface area contributed by atoms with Crippen LogP contribution < -0.4 is 0 Å². The van der Waals surface area contributed by atoms with Crippen molar-refractivity contribution in [2.75, 3.05) is 19.0 Å². The van der Waals surface area contributed by atoms with Crippen molar-refractivity contribution >= 4 is 24.6 Å². The number of rotatable bonds is 3. The fourth-order valence-electron chi connectivity index (χ4n) is 0.928. The molecule has 0 radical (unpaired) electrons. The molecule has 0 bridgehead atoms. The lowest BCUT2D eigenvalue weighted by molar-refractivity contribution is -0.147. The second kappa shape index (κ2) is 4.35. The van der Waals surface area contributed by atoms with Crippen molar-refractivity contribution in [3.63, 3.8) is 0 Å². The molecular formula is C7H10O4S. The molecule has 1 fully saturated rings. The van der Waals surface area contributed by atoms with Gasteiger partial charge in [-0.1, -0.05) is 0 Å². The Morgan fingerprint density at radius 3 is 3.00 bits per heavy atom. The van der Waals surface area contributed by atoms with E-state index >= 15 is 0 Å². The van der Waals surface area contributed by atoms with Crippen LogP contribution in [0.3, 0.4) is 0 Å². The van der Waals surface area contributed by atoms with Crippen molar-refractivity contribution in [3.8, 4) is 0 Å². The minimum absolute atomic E-state index is 0.144. The predicted molar refractivity (Wildman–Crippen MR) is 43.9 cm³/mol. The molecule has 1 rings (SSSR count). The highest BCUT2D eigenvalue weighted by molar-refractivity contribution is 7.80. The van der Waals surface area contributed by atoms with E-state index < -0.39 is 5.92 Å².